The zero-order chi connectivity index (χ0) is 11.8. The fourth-order valence-electron chi connectivity index (χ4n) is 1.03. The summed E-state index contributed by atoms with van der Waals surface area (Å²) < 4.78 is 0. The van der Waals surface area contributed by atoms with Crippen LogP contribution in [0.5, 0.6) is 0 Å². The minimum absolute atomic E-state index is 0.162. The predicted molar refractivity (Wildman–Crippen MR) is 63.8 cm³/mol. The predicted octanol–water partition coefficient (Wildman–Crippen LogP) is -0.617. The van der Waals surface area contributed by atoms with E-state index in [1.54, 1.807) is 12.4 Å². The second-order valence-corrected chi connectivity index (χ2v) is 3.42. The van der Waals surface area contributed by atoms with E-state index in [0.717, 1.165) is 5.56 Å². The van der Waals surface area contributed by atoms with Crippen LogP contribution in [0.1, 0.15) is 12.0 Å². The maximum Gasteiger partial charge on any atom is 0.238 e. The maximum absolute atomic E-state index is 11.3. The summed E-state index contributed by atoms with van der Waals surface area (Å²) in [6.07, 6.45) is 4.40. The van der Waals surface area contributed by atoms with E-state index in [-0.39, 0.29) is 11.0 Å². The molecule has 5 N–H and O–H groups in total. The van der Waals surface area contributed by atoms with Gasteiger partial charge in [-0.05, 0) is 30.3 Å². The van der Waals surface area contributed by atoms with Gasteiger partial charge in [0.15, 0.2) is 5.11 Å². The Balaban J connectivity index is 2.23. The molecule has 0 atom stereocenters. The normalized spacial score (nSPS) is 9.31. The molecule has 0 saturated carbocycles. The first kappa shape index (κ1) is 12.3. The van der Waals surface area contributed by atoms with E-state index in [1.165, 1.54) is 0 Å². The fourth-order valence-corrected chi connectivity index (χ4v) is 1.08. The van der Waals surface area contributed by atoms with Crippen LogP contribution < -0.4 is 22.1 Å². The lowest BCUT2D eigenvalue weighted by Crippen LogP contribution is -2.48. The molecule has 0 aliphatic heterocycles. The molecule has 86 valence electrons. The van der Waals surface area contributed by atoms with Gasteiger partial charge in [-0.25, -0.2) is 5.84 Å². The summed E-state index contributed by atoms with van der Waals surface area (Å²) >= 11 is 4.68. The van der Waals surface area contributed by atoms with Gasteiger partial charge in [-0.15, -0.1) is 0 Å². The quantitative estimate of drug-likeness (QED) is 0.319. The molecule has 0 fully saturated rings. The third kappa shape index (κ3) is 4.67. The van der Waals surface area contributed by atoms with E-state index >= 15 is 0 Å². The molecule has 1 rings (SSSR count). The molecule has 0 aromatic carbocycles. The summed E-state index contributed by atoms with van der Waals surface area (Å²) in [6.45, 7) is 0. The number of nitrogens with one attached hydrogen (secondary N) is 3. The number of carbonyl (C=O) groups is 1. The highest BCUT2D eigenvalue weighted by Crippen LogP contribution is 1.99. The molecule has 1 heterocycles. The number of hydrogen-bond donors (Lipinski definition) is 4. The molecule has 1 aromatic heterocycles. The molecule has 0 spiro atoms. The maximum atomic E-state index is 11.3. The van der Waals surface area contributed by atoms with Crippen LogP contribution in [0.15, 0.2) is 24.5 Å². The van der Waals surface area contributed by atoms with E-state index in [4.69, 9.17) is 5.84 Å². The van der Waals surface area contributed by atoms with E-state index in [2.05, 4.69) is 33.5 Å². The molecule has 0 radical (unpaired) electrons. The molecule has 0 unspecified atom stereocenters. The van der Waals surface area contributed by atoms with Crippen LogP contribution in [-0.4, -0.2) is 16.0 Å². The highest BCUT2D eigenvalue weighted by Gasteiger charge is 2.02. The Morgan fingerprint density at radius 3 is 2.94 bits per heavy atom. The monoisotopic (exact) mass is 239 g/mol. The van der Waals surface area contributed by atoms with Gasteiger partial charge in [-0.2, -0.15) is 0 Å². The number of nitrogens with two attached hydrogens (primary N) is 1. The first-order valence-corrected chi connectivity index (χ1v) is 5.07. The number of aryl methyl sites for hydroxylation is 1. The van der Waals surface area contributed by atoms with Crippen molar-refractivity contribution in [1.82, 2.24) is 21.3 Å². The Labute approximate surface area is 98.6 Å². The number of hydrogen-bond acceptors (Lipinski definition) is 4. The SMILES string of the molecule is NNC(=S)NNC(=O)CCc1cccnc1. The minimum atomic E-state index is -0.165. The van der Waals surface area contributed by atoms with E-state index in [9.17, 15) is 4.79 Å². The number of carbonyl (C=O) groups excluding carboxylic acids is 1. The van der Waals surface area contributed by atoms with E-state index < -0.39 is 0 Å². The molecule has 0 aliphatic carbocycles. The van der Waals surface area contributed by atoms with Gasteiger partial charge in [0.1, 0.15) is 0 Å². The van der Waals surface area contributed by atoms with E-state index in [0.29, 0.717) is 12.8 Å². The van der Waals surface area contributed by atoms with Crippen LogP contribution in [0.2, 0.25) is 0 Å². The zero-order valence-corrected chi connectivity index (χ0v) is 9.38. The second kappa shape index (κ2) is 6.70. The molecule has 16 heavy (non-hydrogen) atoms. The zero-order valence-electron chi connectivity index (χ0n) is 8.56. The third-order valence-corrected chi connectivity index (χ3v) is 2.03. The Morgan fingerprint density at radius 2 is 2.31 bits per heavy atom. The van der Waals surface area contributed by atoms with E-state index in [1.807, 2.05) is 12.1 Å². The Kier molecular flexibility index (Phi) is 5.17. The molecule has 7 heteroatoms. The van der Waals surface area contributed by atoms with Gasteiger partial charge in [0, 0.05) is 18.8 Å². The summed E-state index contributed by atoms with van der Waals surface area (Å²) in [5.41, 5.74) is 8.06. The standard InChI is InChI=1S/C9H13N5OS/c10-12-9(16)14-13-8(15)4-3-7-2-1-5-11-6-7/h1-2,5-6H,3-4,10H2,(H,13,15)(H2,12,14,16). The number of aromatic nitrogens is 1. The van der Waals surface area contributed by atoms with Crippen LogP contribution in [0.25, 0.3) is 0 Å². The fraction of sp³-hybridized carbons (Fsp3) is 0.222. The summed E-state index contributed by atoms with van der Waals surface area (Å²) in [7, 11) is 0. The molecule has 0 aliphatic rings. The molecule has 6 nitrogen and oxygen atoms in total. The third-order valence-electron chi connectivity index (χ3n) is 1.81. The molecule has 1 aromatic rings. The highest BCUT2D eigenvalue weighted by molar-refractivity contribution is 7.80. The van der Waals surface area contributed by atoms with Gasteiger partial charge in [-0.1, -0.05) is 6.07 Å². The Hall–Kier alpha value is -1.73. The van der Waals surface area contributed by atoms with Crippen LogP contribution in [0, 0.1) is 0 Å². The summed E-state index contributed by atoms with van der Waals surface area (Å²) in [6, 6.07) is 3.75. The lowest BCUT2D eigenvalue weighted by molar-refractivity contribution is -0.121. The average molecular weight is 239 g/mol. The van der Waals surface area contributed by atoms with Gasteiger partial charge in [0.05, 0.1) is 0 Å². The van der Waals surface area contributed by atoms with Gasteiger partial charge < -0.3 is 0 Å². The van der Waals surface area contributed by atoms with Crippen molar-refractivity contribution in [3.05, 3.63) is 30.1 Å². The minimum Gasteiger partial charge on any atom is -0.300 e. The van der Waals surface area contributed by atoms with Gasteiger partial charge in [0.2, 0.25) is 5.91 Å². The number of hydrazine groups is 2. The van der Waals surface area contributed by atoms with Crippen molar-refractivity contribution in [3.63, 3.8) is 0 Å². The topological polar surface area (TPSA) is 92.1 Å². The van der Waals surface area contributed by atoms with Gasteiger partial charge in [-0.3, -0.25) is 26.1 Å². The average Bonchev–Trinajstić information content (AvgIpc) is 2.34. The van der Waals surface area contributed by atoms with Crippen LogP contribution in [-0.2, 0) is 11.2 Å². The first-order valence-electron chi connectivity index (χ1n) is 4.66. The van der Waals surface area contributed by atoms with Crippen LogP contribution in [0.4, 0.5) is 0 Å². The molecule has 0 saturated heterocycles. The molecule has 0 bridgehead atoms. The van der Waals surface area contributed by atoms with Crippen molar-refractivity contribution < 1.29 is 4.79 Å². The number of pyridine rings is 1. The number of thiocarbonyl (C=S) groups is 1. The second-order valence-electron chi connectivity index (χ2n) is 3.01. The van der Waals surface area contributed by atoms with Crippen molar-refractivity contribution in [2.75, 3.05) is 0 Å². The first-order chi connectivity index (χ1) is 7.72. The van der Waals surface area contributed by atoms with Crippen molar-refractivity contribution in [3.8, 4) is 0 Å². The Morgan fingerprint density at radius 1 is 1.50 bits per heavy atom. The summed E-state index contributed by atoms with van der Waals surface area (Å²) in [5, 5.41) is 0.162. The summed E-state index contributed by atoms with van der Waals surface area (Å²) in [4.78, 5) is 15.3. The highest BCUT2D eigenvalue weighted by atomic mass is 32.1. The molecular formula is C9H13N5OS. The van der Waals surface area contributed by atoms with Crippen LogP contribution >= 0.6 is 12.2 Å². The number of nitrogens with zero attached hydrogens (tertiary/aromatic N) is 1. The summed E-state index contributed by atoms with van der Waals surface area (Å²) in [5.74, 6) is 4.84. The lowest BCUT2D eigenvalue weighted by Gasteiger charge is -2.08. The molecule has 1 amide bonds. The largest absolute Gasteiger partial charge is 0.300 e. The van der Waals surface area contributed by atoms with Gasteiger partial charge in [0.25, 0.3) is 0 Å². The smallest absolute Gasteiger partial charge is 0.238 e. The van der Waals surface area contributed by atoms with Gasteiger partial charge >= 0.3 is 0 Å². The number of amides is 1. The lowest BCUT2D eigenvalue weighted by atomic mass is 10.1. The Bertz CT molecular complexity index is 356. The van der Waals surface area contributed by atoms with Crippen molar-refractivity contribution in [1.29, 1.82) is 0 Å². The van der Waals surface area contributed by atoms with Crippen molar-refractivity contribution >= 4 is 23.2 Å². The van der Waals surface area contributed by atoms with Crippen molar-refractivity contribution in [2.24, 2.45) is 5.84 Å². The van der Waals surface area contributed by atoms with Crippen LogP contribution in [0.3, 0.4) is 0 Å². The number of rotatable bonds is 3. The molecular weight excluding hydrogens is 226 g/mol. The van der Waals surface area contributed by atoms with Crippen molar-refractivity contribution in [2.45, 2.75) is 12.8 Å².